The first-order valence-corrected chi connectivity index (χ1v) is 3.84. The molecule has 0 atom stereocenters. The van der Waals surface area contributed by atoms with Crippen LogP contribution in [-0.2, 0) is 4.74 Å². The van der Waals surface area contributed by atoms with E-state index in [1.54, 1.807) is 0 Å². The molecule has 1 rings (SSSR count). The van der Waals surface area contributed by atoms with Crippen LogP contribution >= 0.6 is 0 Å². The minimum Gasteiger partial charge on any atom is -0.465 e. The molecule has 1 aromatic rings. The molecular formula is C10H8F2O2. The fourth-order valence-corrected chi connectivity index (χ4v) is 0.999. The summed E-state index contributed by atoms with van der Waals surface area (Å²) in [4.78, 5) is 11.0. The molecule has 0 radical (unpaired) electrons. The smallest absolute Gasteiger partial charge is 0.337 e. The number of halogens is 2. The third kappa shape index (κ3) is 2.65. The lowest BCUT2D eigenvalue weighted by atomic mass is 10.1. The molecular weight excluding hydrogens is 189 g/mol. The maximum atomic E-state index is 11.9. The molecule has 2 nitrogen and oxygen atoms in total. The average molecular weight is 197 g/mol. The van der Waals surface area contributed by atoms with E-state index in [-0.39, 0.29) is 11.1 Å². The first kappa shape index (κ1) is 10.4. The zero-order valence-corrected chi connectivity index (χ0v) is 7.46. The van der Waals surface area contributed by atoms with E-state index in [0.29, 0.717) is 6.08 Å². The zero-order chi connectivity index (χ0) is 10.6. The summed E-state index contributed by atoms with van der Waals surface area (Å²) >= 11 is 0. The van der Waals surface area contributed by atoms with Gasteiger partial charge in [0, 0.05) is 6.08 Å². The van der Waals surface area contributed by atoms with Gasteiger partial charge in [0.05, 0.1) is 12.7 Å². The molecule has 0 aliphatic carbocycles. The molecule has 0 aliphatic rings. The number of esters is 1. The van der Waals surface area contributed by atoms with Crippen molar-refractivity contribution in [1.29, 1.82) is 0 Å². The molecule has 14 heavy (non-hydrogen) atoms. The number of benzene rings is 1. The highest BCUT2D eigenvalue weighted by Crippen LogP contribution is 2.11. The summed E-state index contributed by atoms with van der Waals surface area (Å²) in [6, 6.07) is 5.83. The molecule has 0 heterocycles. The van der Waals surface area contributed by atoms with Crippen LogP contribution in [0.15, 0.2) is 30.3 Å². The van der Waals surface area contributed by atoms with Crippen molar-refractivity contribution in [2.75, 3.05) is 7.11 Å². The van der Waals surface area contributed by atoms with Crippen LogP contribution in [0.2, 0.25) is 0 Å². The Hall–Kier alpha value is -1.71. The van der Waals surface area contributed by atoms with Crippen molar-refractivity contribution < 1.29 is 18.3 Å². The topological polar surface area (TPSA) is 26.3 Å². The van der Waals surface area contributed by atoms with Gasteiger partial charge in [0.25, 0.3) is 6.08 Å². The molecule has 0 saturated carbocycles. The molecule has 0 fully saturated rings. The van der Waals surface area contributed by atoms with Gasteiger partial charge in [-0.25, -0.2) is 4.79 Å². The van der Waals surface area contributed by atoms with E-state index in [9.17, 15) is 13.6 Å². The highest BCUT2D eigenvalue weighted by Gasteiger charge is 2.04. The van der Waals surface area contributed by atoms with Crippen LogP contribution in [0.3, 0.4) is 0 Å². The van der Waals surface area contributed by atoms with Crippen molar-refractivity contribution in [3.05, 3.63) is 41.5 Å². The van der Waals surface area contributed by atoms with Gasteiger partial charge in [-0.2, -0.15) is 8.78 Å². The quantitative estimate of drug-likeness (QED) is 0.681. The van der Waals surface area contributed by atoms with Gasteiger partial charge in [-0.3, -0.25) is 0 Å². The second-order valence-corrected chi connectivity index (χ2v) is 2.55. The van der Waals surface area contributed by atoms with Crippen LogP contribution in [0.25, 0.3) is 6.08 Å². The predicted octanol–water partition coefficient (Wildman–Crippen LogP) is 2.71. The fraction of sp³-hybridized carbons (Fsp3) is 0.100. The van der Waals surface area contributed by atoms with Crippen LogP contribution in [0.5, 0.6) is 0 Å². The predicted molar refractivity (Wildman–Crippen MR) is 48.0 cm³/mol. The average Bonchev–Trinajstić information content (AvgIpc) is 2.16. The van der Waals surface area contributed by atoms with Crippen molar-refractivity contribution in [3.8, 4) is 0 Å². The Labute approximate surface area is 79.8 Å². The van der Waals surface area contributed by atoms with Crippen molar-refractivity contribution >= 4 is 12.0 Å². The molecule has 0 unspecified atom stereocenters. The number of methoxy groups -OCH3 is 1. The van der Waals surface area contributed by atoms with Crippen molar-refractivity contribution in [3.63, 3.8) is 0 Å². The molecule has 1 aromatic carbocycles. The molecule has 0 spiro atoms. The Morgan fingerprint density at radius 1 is 1.43 bits per heavy atom. The van der Waals surface area contributed by atoms with Gasteiger partial charge in [-0.05, 0) is 17.7 Å². The van der Waals surface area contributed by atoms with Crippen LogP contribution < -0.4 is 0 Å². The molecule has 74 valence electrons. The Balaban J connectivity index is 3.01. The summed E-state index contributed by atoms with van der Waals surface area (Å²) in [6.07, 6.45) is -1.11. The van der Waals surface area contributed by atoms with Crippen LogP contribution in [0.1, 0.15) is 15.9 Å². The SMILES string of the molecule is COC(=O)c1cccc(/C=C(\F)[18F])c1. The second kappa shape index (κ2) is 4.50. The summed E-state index contributed by atoms with van der Waals surface area (Å²) in [5, 5.41) is 0. The van der Waals surface area contributed by atoms with E-state index in [1.807, 2.05) is 0 Å². The van der Waals surface area contributed by atoms with Crippen molar-refractivity contribution in [1.82, 2.24) is 0 Å². The van der Waals surface area contributed by atoms with E-state index < -0.39 is 12.0 Å². The second-order valence-electron chi connectivity index (χ2n) is 2.55. The van der Waals surface area contributed by atoms with Crippen LogP contribution in [0.4, 0.5) is 8.78 Å². The van der Waals surface area contributed by atoms with Gasteiger partial charge in [0.2, 0.25) is 0 Å². The van der Waals surface area contributed by atoms with Gasteiger partial charge in [-0.1, -0.05) is 12.1 Å². The summed E-state index contributed by atoms with van der Waals surface area (Å²) < 4.78 is 28.2. The number of rotatable bonds is 2. The van der Waals surface area contributed by atoms with Crippen molar-refractivity contribution in [2.45, 2.75) is 0 Å². The number of carbonyl (C=O) groups excluding carboxylic acids is 1. The van der Waals surface area contributed by atoms with E-state index in [2.05, 4.69) is 4.74 Å². The van der Waals surface area contributed by atoms with Crippen LogP contribution in [-0.4, -0.2) is 13.1 Å². The molecule has 0 amide bonds. The minimum atomic E-state index is -1.80. The molecule has 0 aromatic heterocycles. The van der Waals surface area contributed by atoms with Gasteiger partial charge in [0.1, 0.15) is 0 Å². The molecule has 0 N–H and O–H groups in total. The summed E-state index contributed by atoms with van der Waals surface area (Å²) in [7, 11) is 1.24. The first-order chi connectivity index (χ1) is 6.63. The standard InChI is InChI=1S/C10H8F2O2/c1-14-10(13)8-4-2-3-7(5-8)6-9(11)12/h2-6H,1H3/i11-1/b9-6-. The fourth-order valence-electron chi connectivity index (χ4n) is 0.999. The Morgan fingerprint density at radius 3 is 2.71 bits per heavy atom. The number of ether oxygens (including phenoxy) is 1. The largest absolute Gasteiger partial charge is 0.465 e. The molecule has 0 saturated heterocycles. The normalized spacial score (nSPS) is 11.2. The number of carbonyl (C=O) groups is 1. The summed E-state index contributed by atoms with van der Waals surface area (Å²) in [5.41, 5.74) is 0.524. The lowest BCUT2D eigenvalue weighted by molar-refractivity contribution is 0.0600. The zero-order valence-electron chi connectivity index (χ0n) is 7.46. The van der Waals surface area contributed by atoms with Gasteiger partial charge in [-0.15, -0.1) is 0 Å². The van der Waals surface area contributed by atoms with Gasteiger partial charge >= 0.3 is 5.97 Å². The third-order valence-electron chi connectivity index (χ3n) is 1.58. The lowest BCUT2D eigenvalue weighted by Gasteiger charge is -1.99. The highest BCUT2D eigenvalue weighted by atomic mass is 19.2. The first-order valence-electron chi connectivity index (χ1n) is 3.84. The van der Waals surface area contributed by atoms with E-state index in [4.69, 9.17) is 0 Å². The van der Waals surface area contributed by atoms with E-state index >= 15 is 0 Å². The minimum absolute atomic E-state index is 0.252. The van der Waals surface area contributed by atoms with Gasteiger partial charge in [0.15, 0.2) is 0 Å². The van der Waals surface area contributed by atoms with E-state index in [0.717, 1.165) is 0 Å². The summed E-state index contributed by atoms with van der Waals surface area (Å²) in [6.45, 7) is 0. The maximum absolute atomic E-state index is 11.9. The maximum Gasteiger partial charge on any atom is 0.337 e. The van der Waals surface area contributed by atoms with E-state index in [1.165, 1.54) is 31.4 Å². The number of hydrogen-bond acceptors (Lipinski definition) is 2. The lowest BCUT2D eigenvalue weighted by Crippen LogP contribution is -2.00. The highest BCUT2D eigenvalue weighted by molar-refractivity contribution is 5.89. The Kier molecular flexibility index (Phi) is 3.34. The third-order valence-corrected chi connectivity index (χ3v) is 1.58. The van der Waals surface area contributed by atoms with Gasteiger partial charge < -0.3 is 4.74 Å². The number of hydrogen-bond donors (Lipinski definition) is 0. The Morgan fingerprint density at radius 2 is 2.14 bits per heavy atom. The Bertz CT molecular complexity index is 368. The monoisotopic (exact) mass is 197 g/mol. The summed E-state index contributed by atoms with van der Waals surface area (Å²) in [5.74, 6) is -0.542. The van der Waals surface area contributed by atoms with Crippen molar-refractivity contribution in [2.24, 2.45) is 0 Å². The molecule has 4 heteroatoms. The van der Waals surface area contributed by atoms with Crippen LogP contribution in [0, 0.1) is 0 Å². The molecule has 0 bridgehead atoms. The molecule has 0 aliphatic heterocycles.